The summed E-state index contributed by atoms with van der Waals surface area (Å²) in [6, 6.07) is 10.1. The summed E-state index contributed by atoms with van der Waals surface area (Å²) in [5, 5.41) is 3.91. The molecular formula is C12H17NOSi. The van der Waals surface area contributed by atoms with Crippen LogP contribution < -0.4 is 0 Å². The summed E-state index contributed by atoms with van der Waals surface area (Å²) in [6.07, 6.45) is 5.57. The molecule has 3 heteroatoms. The van der Waals surface area contributed by atoms with Crippen LogP contribution in [0.25, 0.3) is 6.08 Å². The maximum Gasteiger partial charge on any atom is 0.278 e. The molecule has 0 saturated heterocycles. The summed E-state index contributed by atoms with van der Waals surface area (Å²) in [4.78, 5) is 0. The van der Waals surface area contributed by atoms with Gasteiger partial charge < -0.3 is 4.53 Å². The number of nitrogens with zero attached hydrogens (tertiary/aromatic N) is 1. The van der Waals surface area contributed by atoms with Crippen LogP contribution in [-0.2, 0) is 4.53 Å². The first-order valence-electron chi connectivity index (χ1n) is 5.01. The van der Waals surface area contributed by atoms with E-state index in [0.717, 1.165) is 5.56 Å². The minimum Gasteiger partial charge on any atom is -0.456 e. The van der Waals surface area contributed by atoms with E-state index < -0.39 is 8.32 Å². The summed E-state index contributed by atoms with van der Waals surface area (Å²) in [5.74, 6) is 0. The molecule has 1 rings (SSSR count). The Balaban J connectivity index is 2.41. The van der Waals surface area contributed by atoms with Crippen molar-refractivity contribution in [3.63, 3.8) is 0 Å². The van der Waals surface area contributed by atoms with Gasteiger partial charge in [0.1, 0.15) is 0 Å². The highest BCUT2D eigenvalue weighted by molar-refractivity contribution is 6.69. The highest BCUT2D eigenvalue weighted by Crippen LogP contribution is 2.02. The lowest BCUT2D eigenvalue weighted by Crippen LogP contribution is -2.22. The summed E-state index contributed by atoms with van der Waals surface area (Å²) in [6.45, 7) is 6.31. The Morgan fingerprint density at radius 2 is 1.80 bits per heavy atom. The molecule has 15 heavy (non-hydrogen) atoms. The third-order valence-electron chi connectivity index (χ3n) is 1.56. The normalized spacial score (nSPS) is 12.5. The van der Waals surface area contributed by atoms with Crippen LogP contribution in [0.1, 0.15) is 5.56 Å². The number of hydrogen-bond donors (Lipinski definition) is 0. The predicted molar refractivity (Wildman–Crippen MR) is 68.4 cm³/mol. The fourth-order valence-corrected chi connectivity index (χ4v) is 1.32. The summed E-state index contributed by atoms with van der Waals surface area (Å²) < 4.78 is 5.32. The Hall–Kier alpha value is -1.35. The third kappa shape index (κ3) is 5.86. The standard InChI is InChI=1S/C12H17NOSi/c1-15(2,3)14-13-11-7-10-12-8-5-4-6-9-12/h4-11H,1-3H3. The molecule has 0 spiro atoms. The second kappa shape index (κ2) is 5.51. The molecule has 0 saturated carbocycles. The van der Waals surface area contributed by atoms with Crippen LogP contribution in [0.5, 0.6) is 0 Å². The van der Waals surface area contributed by atoms with E-state index in [-0.39, 0.29) is 0 Å². The second-order valence-corrected chi connectivity index (χ2v) is 8.64. The van der Waals surface area contributed by atoms with E-state index >= 15 is 0 Å². The highest BCUT2D eigenvalue weighted by Gasteiger charge is 2.14. The fraction of sp³-hybridized carbons (Fsp3) is 0.250. The van der Waals surface area contributed by atoms with Crippen molar-refractivity contribution in [2.24, 2.45) is 5.16 Å². The lowest BCUT2D eigenvalue weighted by atomic mass is 10.2. The van der Waals surface area contributed by atoms with Gasteiger partial charge in [0.2, 0.25) is 0 Å². The SMILES string of the molecule is C[Si](C)(C)ON=CC=Cc1ccccc1. The van der Waals surface area contributed by atoms with Crippen molar-refractivity contribution in [3.05, 3.63) is 42.0 Å². The molecule has 0 unspecified atom stereocenters. The average molecular weight is 219 g/mol. The van der Waals surface area contributed by atoms with E-state index in [9.17, 15) is 0 Å². The Morgan fingerprint density at radius 3 is 2.40 bits per heavy atom. The molecule has 80 valence electrons. The van der Waals surface area contributed by atoms with Crippen LogP contribution >= 0.6 is 0 Å². The topological polar surface area (TPSA) is 21.6 Å². The fourth-order valence-electron chi connectivity index (χ4n) is 0.942. The van der Waals surface area contributed by atoms with Crippen LogP contribution in [0.15, 0.2) is 41.6 Å². The zero-order valence-electron chi connectivity index (χ0n) is 9.47. The van der Waals surface area contributed by atoms with Crippen molar-refractivity contribution in [1.82, 2.24) is 0 Å². The van der Waals surface area contributed by atoms with Crippen LogP contribution in [-0.4, -0.2) is 14.5 Å². The summed E-state index contributed by atoms with van der Waals surface area (Å²) >= 11 is 0. The van der Waals surface area contributed by atoms with Gasteiger partial charge in [-0.15, -0.1) is 5.16 Å². The Kier molecular flexibility index (Phi) is 4.30. The van der Waals surface area contributed by atoms with E-state index in [0.29, 0.717) is 0 Å². The summed E-state index contributed by atoms with van der Waals surface area (Å²) in [7, 11) is -1.52. The lowest BCUT2D eigenvalue weighted by Gasteiger charge is -2.11. The van der Waals surface area contributed by atoms with Crippen LogP contribution in [0.4, 0.5) is 0 Å². The molecule has 0 aromatic heterocycles. The first-order chi connectivity index (χ1) is 7.08. The van der Waals surface area contributed by atoms with Gasteiger partial charge in [-0.2, -0.15) is 0 Å². The van der Waals surface area contributed by atoms with Gasteiger partial charge in [-0.25, -0.2) is 0 Å². The smallest absolute Gasteiger partial charge is 0.278 e. The van der Waals surface area contributed by atoms with Gasteiger partial charge in [-0.3, -0.25) is 0 Å². The molecule has 0 bridgehead atoms. The number of oxime groups is 1. The Morgan fingerprint density at radius 1 is 1.13 bits per heavy atom. The number of benzene rings is 1. The summed E-state index contributed by atoms with van der Waals surface area (Å²) in [5.41, 5.74) is 1.16. The minimum atomic E-state index is -1.52. The monoisotopic (exact) mass is 219 g/mol. The molecule has 0 N–H and O–H groups in total. The van der Waals surface area contributed by atoms with Gasteiger partial charge in [0.05, 0.1) is 6.21 Å². The van der Waals surface area contributed by atoms with Crippen molar-refractivity contribution < 1.29 is 4.53 Å². The van der Waals surface area contributed by atoms with Crippen molar-refractivity contribution in [1.29, 1.82) is 0 Å². The number of hydrogen-bond acceptors (Lipinski definition) is 2. The third-order valence-corrected chi connectivity index (χ3v) is 2.21. The van der Waals surface area contributed by atoms with E-state index in [1.165, 1.54) is 0 Å². The minimum absolute atomic E-state index is 1.16. The van der Waals surface area contributed by atoms with Gasteiger partial charge in [0.15, 0.2) is 0 Å². The van der Waals surface area contributed by atoms with Crippen molar-refractivity contribution in [2.45, 2.75) is 19.6 Å². The van der Waals surface area contributed by atoms with Gasteiger partial charge in [0, 0.05) is 0 Å². The largest absolute Gasteiger partial charge is 0.456 e. The molecule has 0 aliphatic rings. The molecular weight excluding hydrogens is 202 g/mol. The molecule has 0 aliphatic heterocycles. The Bertz CT molecular complexity index is 338. The van der Waals surface area contributed by atoms with E-state index in [1.54, 1.807) is 6.21 Å². The number of rotatable bonds is 4. The highest BCUT2D eigenvalue weighted by atomic mass is 28.4. The molecule has 1 aromatic rings. The van der Waals surface area contributed by atoms with Crippen molar-refractivity contribution in [2.75, 3.05) is 0 Å². The first-order valence-corrected chi connectivity index (χ1v) is 8.42. The lowest BCUT2D eigenvalue weighted by molar-refractivity contribution is 0.338. The first kappa shape index (κ1) is 11.7. The van der Waals surface area contributed by atoms with Gasteiger partial charge in [-0.05, 0) is 31.3 Å². The van der Waals surface area contributed by atoms with Crippen LogP contribution in [0.2, 0.25) is 19.6 Å². The molecule has 0 atom stereocenters. The molecule has 0 aliphatic carbocycles. The second-order valence-electron chi connectivity index (χ2n) is 4.23. The van der Waals surface area contributed by atoms with Gasteiger partial charge >= 0.3 is 0 Å². The predicted octanol–water partition coefficient (Wildman–Crippen LogP) is 3.54. The Labute approximate surface area is 92.4 Å². The maximum atomic E-state index is 5.32. The number of allylic oxidation sites excluding steroid dienone is 1. The molecule has 1 aromatic carbocycles. The van der Waals surface area contributed by atoms with Gasteiger partial charge in [-0.1, -0.05) is 36.4 Å². The van der Waals surface area contributed by atoms with Gasteiger partial charge in [0.25, 0.3) is 8.32 Å². The average Bonchev–Trinajstić information content (AvgIpc) is 2.17. The maximum absolute atomic E-state index is 5.32. The van der Waals surface area contributed by atoms with Crippen molar-refractivity contribution >= 4 is 20.6 Å². The molecule has 2 nitrogen and oxygen atoms in total. The quantitative estimate of drug-likeness (QED) is 0.431. The van der Waals surface area contributed by atoms with Crippen molar-refractivity contribution in [3.8, 4) is 0 Å². The zero-order valence-corrected chi connectivity index (χ0v) is 10.5. The zero-order chi connectivity index (χ0) is 11.1. The van der Waals surface area contributed by atoms with Crippen LogP contribution in [0.3, 0.4) is 0 Å². The van der Waals surface area contributed by atoms with E-state index in [4.69, 9.17) is 4.53 Å². The molecule has 0 radical (unpaired) electrons. The molecule has 0 fully saturated rings. The van der Waals surface area contributed by atoms with Crippen LogP contribution in [0, 0.1) is 0 Å². The molecule has 0 amide bonds. The van der Waals surface area contributed by atoms with E-state index in [2.05, 4.69) is 24.8 Å². The van der Waals surface area contributed by atoms with E-state index in [1.807, 2.05) is 42.5 Å². The molecule has 0 heterocycles.